The molecular formula is C32H21Cl2NO3. The van der Waals surface area contributed by atoms with Gasteiger partial charge in [-0.15, -0.1) is 0 Å². The van der Waals surface area contributed by atoms with Gasteiger partial charge in [0.1, 0.15) is 11.5 Å². The number of hydrogen-bond acceptors (Lipinski definition) is 4. The van der Waals surface area contributed by atoms with Gasteiger partial charge in [0.05, 0.1) is 11.6 Å². The van der Waals surface area contributed by atoms with Crippen molar-refractivity contribution in [2.24, 2.45) is 0 Å². The molecule has 2 heterocycles. The van der Waals surface area contributed by atoms with Crippen molar-refractivity contribution >= 4 is 39.9 Å². The Labute approximate surface area is 229 Å². The summed E-state index contributed by atoms with van der Waals surface area (Å²) in [4.78, 5) is 15.0. The van der Waals surface area contributed by atoms with E-state index in [4.69, 9.17) is 32.7 Å². The minimum absolute atomic E-state index is 0.208. The first-order valence-electron chi connectivity index (χ1n) is 12.4. The molecule has 0 amide bonds. The van der Waals surface area contributed by atoms with Gasteiger partial charge in [-0.25, -0.2) is 9.69 Å². The number of rotatable bonds is 4. The van der Waals surface area contributed by atoms with Gasteiger partial charge in [-0.2, -0.15) is 0 Å². The number of esters is 1. The van der Waals surface area contributed by atoms with Crippen LogP contribution in [0.15, 0.2) is 103 Å². The average molecular weight is 538 g/mol. The molecule has 0 saturated carbocycles. The van der Waals surface area contributed by atoms with Crippen LogP contribution < -0.4 is 9.47 Å². The Morgan fingerprint density at radius 1 is 0.763 bits per heavy atom. The van der Waals surface area contributed by atoms with E-state index < -0.39 is 6.23 Å². The Kier molecular flexibility index (Phi) is 5.62. The minimum atomic E-state index is -0.421. The van der Waals surface area contributed by atoms with E-state index in [1.807, 2.05) is 84.9 Å². The first-order chi connectivity index (χ1) is 18.6. The van der Waals surface area contributed by atoms with Crippen molar-refractivity contribution < 1.29 is 14.3 Å². The highest BCUT2D eigenvalue weighted by atomic mass is 35.5. The lowest BCUT2D eigenvalue weighted by atomic mass is 9.89. The maximum absolute atomic E-state index is 12.7. The molecule has 2 atom stereocenters. The van der Waals surface area contributed by atoms with E-state index in [1.54, 1.807) is 6.07 Å². The molecule has 0 unspecified atom stereocenters. The van der Waals surface area contributed by atoms with Gasteiger partial charge in [0.2, 0.25) is 0 Å². The lowest BCUT2D eigenvalue weighted by Crippen LogP contribution is -2.40. The highest BCUT2D eigenvalue weighted by Crippen LogP contribution is 2.52. The van der Waals surface area contributed by atoms with Crippen LogP contribution in [-0.4, -0.2) is 10.9 Å². The molecule has 2 aliphatic rings. The smallest absolute Gasteiger partial charge is 0.344 e. The van der Waals surface area contributed by atoms with E-state index in [9.17, 15) is 4.79 Å². The molecule has 0 aliphatic carbocycles. The summed E-state index contributed by atoms with van der Waals surface area (Å²) in [6.45, 7) is 0.619. The fourth-order valence-electron chi connectivity index (χ4n) is 5.55. The monoisotopic (exact) mass is 537 g/mol. The predicted octanol–water partition coefficient (Wildman–Crippen LogP) is 8.36. The van der Waals surface area contributed by atoms with Gasteiger partial charge >= 0.3 is 5.97 Å². The van der Waals surface area contributed by atoms with E-state index in [-0.39, 0.29) is 12.0 Å². The second-order valence-electron chi connectivity index (χ2n) is 9.54. The molecule has 7 rings (SSSR count). The summed E-state index contributed by atoms with van der Waals surface area (Å²) in [5.41, 5.74) is 4.67. The number of nitrogens with zero attached hydrogens (tertiary/aromatic N) is 1. The molecular weight excluding hydrogens is 517 g/mol. The fraction of sp³-hybridized carbons (Fsp3) is 0.0938. The molecule has 0 radical (unpaired) electrons. The summed E-state index contributed by atoms with van der Waals surface area (Å²) in [7, 11) is 0. The number of carbonyl (C=O) groups excluding carboxylic acids is 1. The number of hydrogen-bond donors (Lipinski definition) is 0. The van der Waals surface area contributed by atoms with Crippen molar-refractivity contribution in [3.8, 4) is 11.5 Å². The van der Waals surface area contributed by atoms with Gasteiger partial charge in [0.25, 0.3) is 0 Å². The van der Waals surface area contributed by atoms with Crippen LogP contribution in [0.25, 0.3) is 10.8 Å². The van der Waals surface area contributed by atoms with Gasteiger partial charge in [-0.3, -0.25) is 0 Å². The minimum Gasteiger partial charge on any atom is -0.470 e. The van der Waals surface area contributed by atoms with E-state index in [2.05, 4.69) is 17.0 Å². The molecule has 4 nitrogen and oxygen atoms in total. The third-order valence-corrected chi connectivity index (χ3v) is 7.74. The number of fused-ring (bicyclic) bond motifs is 2. The number of halogens is 2. The molecule has 0 saturated heterocycles. The van der Waals surface area contributed by atoms with E-state index in [1.165, 1.54) is 0 Å². The van der Waals surface area contributed by atoms with Crippen molar-refractivity contribution in [1.82, 2.24) is 4.90 Å². The zero-order valence-corrected chi connectivity index (χ0v) is 21.6. The normalized spacial score (nSPS) is 18.2. The third kappa shape index (κ3) is 3.84. The van der Waals surface area contributed by atoms with Crippen LogP contribution in [0.1, 0.15) is 44.9 Å². The summed E-state index contributed by atoms with van der Waals surface area (Å²) in [6, 6.07) is 33.4. The van der Waals surface area contributed by atoms with Gasteiger partial charge in [0.15, 0.2) is 6.23 Å². The standard InChI is InChI=1S/C32H21Cl2NO3/c33-22-13-9-20(10-14-22)29-26-17-27-28-24(7-4-8-25(28)32(36)37-27)30(26)38-31(21-11-15-23(34)16-12-21)35(29)18-19-5-2-1-3-6-19/h1-17,29,31H,18H2/t29-,31+/m0/s1. The molecule has 0 N–H and O–H groups in total. The van der Waals surface area contributed by atoms with Crippen LogP contribution in [0.3, 0.4) is 0 Å². The lowest BCUT2D eigenvalue weighted by Gasteiger charge is -2.44. The first kappa shape index (κ1) is 23.3. The Bertz CT molecular complexity index is 1690. The topological polar surface area (TPSA) is 38.8 Å². The fourth-order valence-corrected chi connectivity index (χ4v) is 5.80. The molecule has 0 spiro atoms. The maximum atomic E-state index is 12.7. The van der Waals surface area contributed by atoms with Crippen LogP contribution >= 0.6 is 23.2 Å². The lowest BCUT2D eigenvalue weighted by molar-refractivity contribution is -0.0247. The number of ether oxygens (including phenoxy) is 2. The van der Waals surface area contributed by atoms with Gasteiger partial charge in [0, 0.05) is 38.5 Å². The summed E-state index contributed by atoms with van der Waals surface area (Å²) in [5.74, 6) is 0.964. The largest absolute Gasteiger partial charge is 0.470 e. The summed E-state index contributed by atoms with van der Waals surface area (Å²) < 4.78 is 12.6. The Morgan fingerprint density at radius 2 is 1.45 bits per heavy atom. The van der Waals surface area contributed by atoms with Crippen LogP contribution in [0, 0.1) is 0 Å². The summed E-state index contributed by atoms with van der Waals surface area (Å²) >= 11 is 12.6. The molecule has 6 heteroatoms. The number of carbonyl (C=O) groups is 1. The zero-order chi connectivity index (χ0) is 25.8. The van der Waals surface area contributed by atoms with Gasteiger partial charge < -0.3 is 9.47 Å². The molecule has 0 bridgehead atoms. The highest BCUT2D eigenvalue weighted by Gasteiger charge is 2.41. The average Bonchev–Trinajstić information content (AvgIpc) is 3.26. The van der Waals surface area contributed by atoms with Crippen molar-refractivity contribution in [2.45, 2.75) is 18.8 Å². The number of benzene rings is 5. The van der Waals surface area contributed by atoms with Crippen LogP contribution in [0.5, 0.6) is 11.5 Å². The molecule has 5 aromatic rings. The van der Waals surface area contributed by atoms with Crippen molar-refractivity contribution in [1.29, 1.82) is 0 Å². The van der Waals surface area contributed by atoms with Crippen molar-refractivity contribution in [3.63, 3.8) is 0 Å². The Morgan fingerprint density at radius 3 is 2.16 bits per heavy atom. The van der Waals surface area contributed by atoms with Crippen molar-refractivity contribution in [3.05, 3.63) is 141 Å². The zero-order valence-electron chi connectivity index (χ0n) is 20.1. The van der Waals surface area contributed by atoms with Gasteiger partial charge in [-0.1, -0.05) is 89.9 Å². The maximum Gasteiger partial charge on any atom is 0.344 e. The highest BCUT2D eigenvalue weighted by molar-refractivity contribution is 6.30. The quantitative estimate of drug-likeness (QED) is 0.170. The Balaban J connectivity index is 1.50. The molecule has 186 valence electrons. The van der Waals surface area contributed by atoms with E-state index in [0.717, 1.165) is 38.8 Å². The van der Waals surface area contributed by atoms with Crippen LogP contribution in [0.2, 0.25) is 10.0 Å². The SMILES string of the molecule is O=C1Oc2cc3c(c4cccc1c24)O[C@H](c1ccc(Cl)cc1)N(Cc1ccccc1)[C@H]3c1ccc(Cl)cc1. The van der Waals surface area contributed by atoms with Crippen LogP contribution in [0.4, 0.5) is 0 Å². The van der Waals surface area contributed by atoms with Gasteiger partial charge in [-0.05, 0) is 47.5 Å². The van der Waals surface area contributed by atoms with E-state index in [0.29, 0.717) is 27.9 Å². The first-order valence-corrected chi connectivity index (χ1v) is 13.1. The predicted molar refractivity (Wildman–Crippen MR) is 149 cm³/mol. The molecule has 2 aliphatic heterocycles. The summed E-state index contributed by atoms with van der Waals surface area (Å²) in [5, 5.41) is 2.98. The summed E-state index contributed by atoms with van der Waals surface area (Å²) in [6.07, 6.45) is -0.421. The van der Waals surface area contributed by atoms with Crippen LogP contribution in [-0.2, 0) is 6.54 Å². The molecule has 38 heavy (non-hydrogen) atoms. The Hall–Kier alpha value is -3.83. The molecule has 0 aromatic heterocycles. The molecule has 5 aromatic carbocycles. The second kappa shape index (κ2) is 9.17. The molecule has 0 fully saturated rings. The van der Waals surface area contributed by atoms with E-state index >= 15 is 0 Å². The van der Waals surface area contributed by atoms with Crippen molar-refractivity contribution in [2.75, 3.05) is 0 Å². The second-order valence-corrected chi connectivity index (χ2v) is 10.4. The third-order valence-electron chi connectivity index (χ3n) is 7.23.